The zero-order valence-electron chi connectivity index (χ0n) is 15.7. The van der Waals surface area contributed by atoms with Crippen molar-refractivity contribution >= 4 is 34.9 Å². The molecule has 8 nitrogen and oxygen atoms in total. The zero-order chi connectivity index (χ0) is 20.1. The Balaban J connectivity index is 1.23. The van der Waals surface area contributed by atoms with Crippen molar-refractivity contribution in [2.24, 2.45) is 0 Å². The molecule has 3 heterocycles. The number of esters is 1. The summed E-state index contributed by atoms with van der Waals surface area (Å²) in [5, 5.41) is 0. The third-order valence-corrected chi connectivity index (χ3v) is 4.62. The maximum Gasteiger partial charge on any atom is 0.331 e. The fraction of sp³-hybridized carbons (Fsp3) is 0.238. The van der Waals surface area contributed by atoms with E-state index >= 15 is 0 Å². The number of carbonyl (C=O) groups is 2. The molecule has 1 amide bonds. The Morgan fingerprint density at radius 1 is 1.07 bits per heavy atom. The predicted octanol–water partition coefficient (Wildman–Crippen LogP) is 2.13. The number of hydrogen-bond donors (Lipinski definition) is 0. The highest BCUT2D eigenvalue weighted by Gasteiger charge is 2.22. The summed E-state index contributed by atoms with van der Waals surface area (Å²) in [6.45, 7) is 2.21. The number of nitrogens with zero attached hydrogens (tertiary/aromatic N) is 4. The lowest BCUT2D eigenvalue weighted by Gasteiger charge is -2.35. The van der Waals surface area contributed by atoms with Gasteiger partial charge in [-0.3, -0.25) is 4.79 Å². The molecule has 0 saturated carbocycles. The molecule has 2 aromatic heterocycles. The van der Waals surface area contributed by atoms with Crippen LogP contribution in [0.4, 0.5) is 5.82 Å². The SMILES string of the molecule is O=C(C=Cc1nc2ccccc2o1)OCC(=O)N1CCN(c2ccccn2)CC1. The van der Waals surface area contributed by atoms with Gasteiger partial charge in [-0.1, -0.05) is 18.2 Å². The molecule has 8 heteroatoms. The first kappa shape index (κ1) is 18.7. The van der Waals surface area contributed by atoms with Crippen LogP contribution in [0.25, 0.3) is 17.2 Å². The molecule has 0 radical (unpaired) electrons. The number of rotatable bonds is 5. The minimum Gasteiger partial charge on any atom is -0.452 e. The molecule has 1 saturated heterocycles. The van der Waals surface area contributed by atoms with E-state index in [0.717, 1.165) is 5.82 Å². The number of carbonyl (C=O) groups excluding carboxylic acids is 2. The first-order chi connectivity index (χ1) is 14.2. The van der Waals surface area contributed by atoms with Gasteiger partial charge in [0.1, 0.15) is 11.3 Å². The van der Waals surface area contributed by atoms with Crippen molar-refractivity contribution < 1.29 is 18.7 Å². The second-order valence-electron chi connectivity index (χ2n) is 6.52. The topological polar surface area (TPSA) is 88.8 Å². The summed E-state index contributed by atoms with van der Waals surface area (Å²) < 4.78 is 10.5. The second kappa shape index (κ2) is 8.55. The van der Waals surface area contributed by atoms with E-state index in [4.69, 9.17) is 9.15 Å². The summed E-state index contributed by atoms with van der Waals surface area (Å²) in [6.07, 6.45) is 4.39. The van der Waals surface area contributed by atoms with Crippen LogP contribution in [0.3, 0.4) is 0 Å². The van der Waals surface area contributed by atoms with Crippen molar-refractivity contribution in [1.29, 1.82) is 0 Å². The molecule has 1 aromatic carbocycles. The van der Waals surface area contributed by atoms with Crippen LogP contribution in [0.5, 0.6) is 0 Å². The van der Waals surface area contributed by atoms with Crippen LogP contribution < -0.4 is 4.90 Å². The van der Waals surface area contributed by atoms with Gasteiger partial charge >= 0.3 is 5.97 Å². The van der Waals surface area contributed by atoms with E-state index in [0.29, 0.717) is 43.2 Å². The standard InChI is InChI=1S/C21H20N4O4/c26-20(25-13-11-24(12-14-25)18-7-3-4-10-22-18)15-28-21(27)9-8-19-23-16-5-1-2-6-17(16)29-19/h1-10H,11-15H2. The fourth-order valence-corrected chi connectivity index (χ4v) is 3.10. The highest BCUT2D eigenvalue weighted by molar-refractivity contribution is 5.89. The first-order valence-corrected chi connectivity index (χ1v) is 9.33. The van der Waals surface area contributed by atoms with Crippen LogP contribution in [0.15, 0.2) is 59.2 Å². The first-order valence-electron chi connectivity index (χ1n) is 9.33. The average molecular weight is 392 g/mol. The van der Waals surface area contributed by atoms with E-state index in [1.807, 2.05) is 36.4 Å². The van der Waals surface area contributed by atoms with Crippen LogP contribution in [-0.2, 0) is 14.3 Å². The number of piperazine rings is 1. The predicted molar refractivity (Wildman–Crippen MR) is 107 cm³/mol. The van der Waals surface area contributed by atoms with Crippen LogP contribution in [0.1, 0.15) is 5.89 Å². The number of para-hydroxylation sites is 2. The van der Waals surface area contributed by atoms with Crippen molar-refractivity contribution in [1.82, 2.24) is 14.9 Å². The number of aromatic nitrogens is 2. The second-order valence-corrected chi connectivity index (χ2v) is 6.52. The monoisotopic (exact) mass is 392 g/mol. The quantitative estimate of drug-likeness (QED) is 0.485. The lowest BCUT2D eigenvalue weighted by atomic mass is 10.3. The Labute approximate surface area is 167 Å². The number of oxazole rings is 1. The summed E-state index contributed by atoms with van der Waals surface area (Å²) >= 11 is 0. The van der Waals surface area contributed by atoms with Gasteiger partial charge in [0.25, 0.3) is 5.91 Å². The molecule has 148 valence electrons. The zero-order valence-corrected chi connectivity index (χ0v) is 15.7. The minimum absolute atomic E-state index is 0.214. The van der Waals surface area contributed by atoms with Crippen molar-refractivity contribution in [3.63, 3.8) is 0 Å². The molecule has 0 aliphatic carbocycles. The number of anilines is 1. The van der Waals surface area contributed by atoms with E-state index in [1.54, 1.807) is 17.2 Å². The van der Waals surface area contributed by atoms with Gasteiger partial charge in [0.15, 0.2) is 12.2 Å². The lowest BCUT2D eigenvalue weighted by Crippen LogP contribution is -2.50. The average Bonchev–Trinajstić information content (AvgIpc) is 3.20. The van der Waals surface area contributed by atoms with Crippen molar-refractivity contribution in [2.45, 2.75) is 0 Å². The summed E-state index contributed by atoms with van der Waals surface area (Å²) in [4.78, 5) is 36.6. The number of ether oxygens (including phenoxy) is 1. The Morgan fingerprint density at radius 2 is 1.86 bits per heavy atom. The minimum atomic E-state index is -0.618. The third kappa shape index (κ3) is 4.60. The van der Waals surface area contributed by atoms with Gasteiger partial charge in [-0.25, -0.2) is 14.8 Å². The van der Waals surface area contributed by atoms with Gasteiger partial charge in [-0.2, -0.15) is 0 Å². The largest absolute Gasteiger partial charge is 0.452 e. The maximum atomic E-state index is 12.3. The molecule has 0 atom stereocenters. The Bertz CT molecular complexity index is 990. The molecule has 1 aliphatic heterocycles. The number of fused-ring (bicyclic) bond motifs is 1. The Hall–Kier alpha value is -3.68. The van der Waals surface area contributed by atoms with Crippen LogP contribution in [0, 0.1) is 0 Å². The number of pyridine rings is 1. The lowest BCUT2D eigenvalue weighted by molar-refractivity contribution is -0.148. The molecule has 1 fully saturated rings. The maximum absolute atomic E-state index is 12.3. The number of amides is 1. The van der Waals surface area contributed by atoms with Crippen molar-refractivity contribution in [3.05, 3.63) is 60.6 Å². The molecule has 0 unspecified atom stereocenters. The molecule has 4 rings (SSSR count). The normalized spacial score (nSPS) is 14.5. The highest BCUT2D eigenvalue weighted by Crippen LogP contribution is 2.15. The third-order valence-electron chi connectivity index (χ3n) is 4.62. The van der Waals surface area contributed by atoms with Gasteiger partial charge in [0, 0.05) is 44.5 Å². The number of hydrogen-bond acceptors (Lipinski definition) is 7. The molecule has 29 heavy (non-hydrogen) atoms. The molecular formula is C21H20N4O4. The number of benzene rings is 1. The van der Waals surface area contributed by atoms with Gasteiger partial charge < -0.3 is 19.0 Å². The van der Waals surface area contributed by atoms with E-state index in [1.165, 1.54) is 12.2 Å². The molecule has 3 aromatic rings. The summed E-state index contributed by atoms with van der Waals surface area (Å²) in [5.41, 5.74) is 1.35. The Morgan fingerprint density at radius 3 is 2.62 bits per heavy atom. The smallest absolute Gasteiger partial charge is 0.331 e. The van der Waals surface area contributed by atoms with Gasteiger partial charge in [0.2, 0.25) is 5.89 Å². The summed E-state index contributed by atoms with van der Waals surface area (Å²) in [5.74, 6) is 0.373. The van der Waals surface area contributed by atoms with Gasteiger partial charge in [0.05, 0.1) is 0 Å². The summed E-state index contributed by atoms with van der Waals surface area (Å²) in [6, 6.07) is 13.1. The van der Waals surface area contributed by atoms with E-state index < -0.39 is 5.97 Å². The van der Waals surface area contributed by atoms with E-state index in [9.17, 15) is 9.59 Å². The van der Waals surface area contributed by atoms with Crippen LogP contribution in [0.2, 0.25) is 0 Å². The molecule has 0 N–H and O–H groups in total. The van der Waals surface area contributed by atoms with Crippen LogP contribution >= 0.6 is 0 Å². The van der Waals surface area contributed by atoms with Crippen molar-refractivity contribution in [3.8, 4) is 0 Å². The highest BCUT2D eigenvalue weighted by atomic mass is 16.5. The fourth-order valence-electron chi connectivity index (χ4n) is 3.10. The molecular weight excluding hydrogens is 372 g/mol. The molecule has 0 bridgehead atoms. The summed E-state index contributed by atoms with van der Waals surface area (Å²) in [7, 11) is 0. The van der Waals surface area contributed by atoms with E-state index in [-0.39, 0.29) is 12.5 Å². The van der Waals surface area contributed by atoms with Gasteiger partial charge in [-0.15, -0.1) is 0 Å². The van der Waals surface area contributed by atoms with E-state index in [2.05, 4.69) is 14.9 Å². The van der Waals surface area contributed by atoms with Gasteiger partial charge in [-0.05, 0) is 24.3 Å². The molecule has 0 spiro atoms. The van der Waals surface area contributed by atoms with Crippen molar-refractivity contribution in [2.75, 3.05) is 37.7 Å². The Kier molecular flexibility index (Phi) is 5.51. The van der Waals surface area contributed by atoms with Crippen LogP contribution in [-0.4, -0.2) is 59.5 Å². The molecule has 1 aliphatic rings.